The predicted molar refractivity (Wildman–Crippen MR) is 129 cm³/mol. The molecule has 0 bridgehead atoms. The molecule has 3 aliphatic carbocycles. The number of allylic oxidation sites excluding steroid dienone is 5. The van der Waals surface area contributed by atoms with Crippen LogP contribution in [0.4, 0.5) is 0 Å². The Morgan fingerprint density at radius 3 is 2.48 bits per heavy atom. The van der Waals surface area contributed by atoms with Crippen molar-refractivity contribution in [1.82, 2.24) is 0 Å². The summed E-state index contributed by atoms with van der Waals surface area (Å²) in [5.41, 5.74) is 1.83. The maximum absolute atomic E-state index is 10.6. The first-order valence-corrected chi connectivity index (χ1v) is 12.2. The summed E-state index contributed by atoms with van der Waals surface area (Å²) in [7, 11) is 0. The molecule has 0 spiro atoms. The zero-order valence-corrected chi connectivity index (χ0v) is 20.3. The molecule has 0 aromatic heterocycles. The second kappa shape index (κ2) is 9.00. The van der Waals surface area contributed by atoms with Crippen molar-refractivity contribution in [3.05, 3.63) is 47.6 Å². The third-order valence-electron chi connectivity index (χ3n) is 8.82. The van der Waals surface area contributed by atoms with Crippen LogP contribution < -0.4 is 0 Å². The predicted octanol–water partition coefficient (Wildman–Crippen LogP) is 5.87. The summed E-state index contributed by atoms with van der Waals surface area (Å²) in [6, 6.07) is 0. The van der Waals surface area contributed by atoms with E-state index in [4.69, 9.17) is 0 Å². The zero-order chi connectivity index (χ0) is 23.0. The van der Waals surface area contributed by atoms with E-state index < -0.39 is 11.2 Å². The van der Waals surface area contributed by atoms with Crippen LogP contribution in [0, 0.1) is 23.2 Å². The Balaban J connectivity index is 1.77. The molecular formula is C28H44O3. The normalized spacial score (nSPS) is 37.9. The van der Waals surface area contributed by atoms with E-state index in [9.17, 15) is 15.3 Å². The van der Waals surface area contributed by atoms with Gasteiger partial charge in [-0.15, -0.1) is 0 Å². The van der Waals surface area contributed by atoms with Gasteiger partial charge in [0.2, 0.25) is 0 Å². The molecule has 0 radical (unpaired) electrons. The standard InChI is InChI=1S/C28H44O3/c1-19-9-12-23(29)18-22(19)11-10-21-8-7-16-27(5)24(13-14-25(21)27)20(2)15-17-28(6,31)26(3,4)30/h10-11,15,17,20,23-25,29-31H,1,7-9,12-14,16,18H2,2-6H3/b17-15+,21-10-,22-11-. The van der Waals surface area contributed by atoms with E-state index in [1.54, 1.807) is 32.4 Å². The first kappa shape index (κ1) is 24.5. The fraction of sp³-hybridized carbons (Fsp3) is 0.714. The molecule has 0 heterocycles. The maximum Gasteiger partial charge on any atom is 0.108 e. The molecule has 0 aromatic rings. The van der Waals surface area contributed by atoms with Crippen LogP contribution in [0.25, 0.3) is 0 Å². The van der Waals surface area contributed by atoms with E-state index in [0.29, 0.717) is 17.8 Å². The first-order chi connectivity index (χ1) is 14.3. The van der Waals surface area contributed by atoms with Gasteiger partial charge >= 0.3 is 0 Å². The van der Waals surface area contributed by atoms with Gasteiger partial charge in [-0.05, 0) is 101 Å². The van der Waals surface area contributed by atoms with Gasteiger partial charge in [-0.1, -0.05) is 55.9 Å². The summed E-state index contributed by atoms with van der Waals surface area (Å²) in [5.74, 6) is 1.54. The summed E-state index contributed by atoms with van der Waals surface area (Å²) in [6.45, 7) is 13.9. The van der Waals surface area contributed by atoms with Crippen LogP contribution in [0.2, 0.25) is 0 Å². The van der Waals surface area contributed by atoms with E-state index in [1.165, 1.54) is 43.3 Å². The van der Waals surface area contributed by atoms with Gasteiger partial charge in [0, 0.05) is 0 Å². The summed E-state index contributed by atoms with van der Waals surface area (Å²) < 4.78 is 0. The Labute approximate surface area is 189 Å². The number of rotatable bonds is 5. The van der Waals surface area contributed by atoms with E-state index in [-0.39, 0.29) is 11.5 Å². The number of fused-ring (bicyclic) bond motifs is 1. The molecule has 174 valence electrons. The molecule has 3 aliphatic rings. The van der Waals surface area contributed by atoms with E-state index in [2.05, 4.69) is 38.7 Å². The molecule has 3 saturated carbocycles. The highest BCUT2D eigenvalue weighted by molar-refractivity contribution is 5.36. The Morgan fingerprint density at radius 1 is 1.10 bits per heavy atom. The minimum absolute atomic E-state index is 0.226. The fourth-order valence-electron chi connectivity index (χ4n) is 6.22. The smallest absolute Gasteiger partial charge is 0.108 e. The SMILES string of the molecule is C=C1CCC(O)C/C1=C/C=C1/CCCC2(C)C1CCC2C(C)/C=C/C(C)(O)C(C)(C)O. The molecule has 6 atom stereocenters. The molecule has 0 aromatic carbocycles. The summed E-state index contributed by atoms with van der Waals surface area (Å²) in [4.78, 5) is 0. The van der Waals surface area contributed by atoms with Gasteiger partial charge in [0.25, 0.3) is 0 Å². The van der Waals surface area contributed by atoms with Gasteiger partial charge in [0.1, 0.15) is 5.60 Å². The van der Waals surface area contributed by atoms with Gasteiger partial charge < -0.3 is 15.3 Å². The van der Waals surface area contributed by atoms with E-state index >= 15 is 0 Å². The largest absolute Gasteiger partial charge is 0.393 e. The van der Waals surface area contributed by atoms with Crippen molar-refractivity contribution in [2.75, 3.05) is 0 Å². The highest BCUT2D eigenvalue weighted by Crippen LogP contribution is 2.59. The highest BCUT2D eigenvalue weighted by Gasteiger charge is 2.50. The van der Waals surface area contributed by atoms with E-state index in [1.807, 2.05) is 0 Å². The number of hydrogen-bond acceptors (Lipinski definition) is 3. The van der Waals surface area contributed by atoms with Crippen LogP contribution in [0.3, 0.4) is 0 Å². The van der Waals surface area contributed by atoms with Crippen molar-refractivity contribution in [2.24, 2.45) is 23.2 Å². The number of aliphatic hydroxyl groups is 3. The first-order valence-electron chi connectivity index (χ1n) is 12.2. The Hall–Kier alpha value is -1.16. The van der Waals surface area contributed by atoms with Gasteiger partial charge in [0.05, 0.1) is 11.7 Å². The van der Waals surface area contributed by atoms with Crippen LogP contribution >= 0.6 is 0 Å². The summed E-state index contributed by atoms with van der Waals surface area (Å²) in [6.07, 6.45) is 16.8. The molecule has 3 nitrogen and oxygen atoms in total. The van der Waals surface area contributed by atoms with Crippen LogP contribution in [0.5, 0.6) is 0 Å². The van der Waals surface area contributed by atoms with E-state index in [0.717, 1.165) is 19.3 Å². The molecule has 0 aliphatic heterocycles. The van der Waals surface area contributed by atoms with Gasteiger partial charge in [-0.3, -0.25) is 0 Å². The fourth-order valence-corrected chi connectivity index (χ4v) is 6.22. The third kappa shape index (κ3) is 5.10. The minimum atomic E-state index is -1.24. The van der Waals surface area contributed by atoms with Gasteiger partial charge in [-0.2, -0.15) is 0 Å². The summed E-state index contributed by atoms with van der Waals surface area (Å²) >= 11 is 0. The van der Waals surface area contributed by atoms with Crippen LogP contribution in [-0.4, -0.2) is 32.6 Å². The lowest BCUT2D eigenvalue weighted by molar-refractivity contribution is -0.0886. The highest BCUT2D eigenvalue weighted by atomic mass is 16.3. The van der Waals surface area contributed by atoms with Crippen molar-refractivity contribution < 1.29 is 15.3 Å². The molecular weight excluding hydrogens is 384 g/mol. The maximum atomic E-state index is 10.6. The Morgan fingerprint density at radius 2 is 1.81 bits per heavy atom. The molecule has 3 N–H and O–H groups in total. The quantitative estimate of drug-likeness (QED) is 0.480. The molecule has 3 heteroatoms. The number of aliphatic hydroxyl groups excluding tert-OH is 1. The van der Waals surface area contributed by atoms with Crippen molar-refractivity contribution in [3.8, 4) is 0 Å². The van der Waals surface area contributed by atoms with Crippen LogP contribution in [-0.2, 0) is 0 Å². The lowest BCUT2D eigenvalue weighted by Gasteiger charge is -2.44. The van der Waals surface area contributed by atoms with Gasteiger partial charge in [0.15, 0.2) is 0 Å². The van der Waals surface area contributed by atoms with Crippen molar-refractivity contribution in [2.45, 2.75) is 103 Å². The van der Waals surface area contributed by atoms with Crippen molar-refractivity contribution in [1.29, 1.82) is 0 Å². The topological polar surface area (TPSA) is 60.7 Å². The second-order valence-corrected chi connectivity index (χ2v) is 11.5. The lowest BCUT2D eigenvalue weighted by Crippen LogP contribution is -2.46. The van der Waals surface area contributed by atoms with Crippen LogP contribution in [0.1, 0.15) is 86.0 Å². The number of hydrogen-bond donors (Lipinski definition) is 3. The molecule has 0 amide bonds. The lowest BCUT2D eigenvalue weighted by atomic mass is 9.61. The van der Waals surface area contributed by atoms with Crippen molar-refractivity contribution in [3.63, 3.8) is 0 Å². The molecule has 3 rings (SSSR count). The average molecular weight is 429 g/mol. The Kier molecular flexibility index (Phi) is 7.11. The molecule has 31 heavy (non-hydrogen) atoms. The second-order valence-electron chi connectivity index (χ2n) is 11.5. The van der Waals surface area contributed by atoms with Gasteiger partial charge in [-0.25, -0.2) is 0 Å². The molecule has 3 fully saturated rings. The minimum Gasteiger partial charge on any atom is -0.393 e. The van der Waals surface area contributed by atoms with Crippen LogP contribution in [0.15, 0.2) is 47.6 Å². The monoisotopic (exact) mass is 428 g/mol. The average Bonchev–Trinajstić information content (AvgIpc) is 3.03. The third-order valence-corrected chi connectivity index (χ3v) is 8.82. The summed E-state index contributed by atoms with van der Waals surface area (Å²) in [5, 5.41) is 30.9. The molecule has 0 saturated heterocycles. The van der Waals surface area contributed by atoms with Crippen molar-refractivity contribution >= 4 is 0 Å². The molecule has 6 unspecified atom stereocenters. The zero-order valence-electron chi connectivity index (χ0n) is 20.3. The Bertz CT molecular complexity index is 764.